The molecule has 0 aliphatic rings. The smallest absolute Gasteiger partial charge is 0.265 e. The van der Waals surface area contributed by atoms with Gasteiger partial charge in [0.05, 0.1) is 31.9 Å². The van der Waals surface area contributed by atoms with Gasteiger partial charge in [0.1, 0.15) is 18.1 Å². The highest BCUT2D eigenvalue weighted by Crippen LogP contribution is 2.32. The van der Waals surface area contributed by atoms with E-state index in [0.717, 1.165) is 15.9 Å². The number of carbonyl (C=O) groups excluding carboxylic acids is 1. The molecular formula is C24H25FN2O6S. The monoisotopic (exact) mass is 488 g/mol. The van der Waals surface area contributed by atoms with E-state index in [1.54, 1.807) is 31.4 Å². The molecule has 0 aromatic heterocycles. The van der Waals surface area contributed by atoms with E-state index >= 15 is 0 Å². The Labute approximate surface area is 197 Å². The summed E-state index contributed by atoms with van der Waals surface area (Å²) in [6, 6.07) is 16.4. The number of carbonyl (C=O) groups is 1. The lowest BCUT2D eigenvalue weighted by Gasteiger charge is -2.25. The Hall–Kier alpha value is -3.79. The van der Waals surface area contributed by atoms with Gasteiger partial charge in [-0.25, -0.2) is 12.8 Å². The van der Waals surface area contributed by atoms with Crippen molar-refractivity contribution in [2.24, 2.45) is 0 Å². The van der Waals surface area contributed by atoms with Gasteiger partial charge in [0.15, 0.2) is 11.5 Å². The predicted octanol–water partition coefficient (Wildman–Crippen LogP) is 3.36. The molecule has 180 valence electrons. The van der Waals surface area contributed by atoms with Gasteiger partial charge in [0.25, 0.3) is 10.0 Å². The predicted molar refractivity (Wildman–Crippen MR) is 125 cm³/mol. The van der Waals surface area contributed by atoms with E-state index < -0.39 is 28.3 Å². The molecule has 34 heavy (non-hydrogen) atoms. The third-order valence-electron chi connectivity index (χ3n) is 5.00. The van der Waals surface area contributed by atoms with E-state index in [1.807, 2.05) is 0 Å². The molecule has 0 saturated carbocycles. The normalized spacial score (nSPS) is 10.9. The molecule has 10 heteroatoms. The minimum Gasteiger partial charge on any atom is -0.497 e. The van der Waals surface area contributed by atoms with Gasteiger partial charge >= 0.3 is 0 Å². The minimum absolute atomic E-state index is 0.157. The number of rotatable bonds is 10. The number of para-hydroxylation sites is 1. The quantitative estimate of drug-likeness (QED) is 0.470. The number of ether oxygens (including phenoxy) is 3. The average Bonchev–Trinajstić information content (AvgIpc) is 2.86. The summed E-state index contributed by atoms with van der Waals surface area (Å²) in [6.07, 6.45) is 0. The van der Waals surface area contributed by atoms with Gasteiger partial charge in [0.2, 0.25) is 5.91 Å². The molecule has 0 unspecified atom stereocenters. The first-order valence-corrected chi connectivity index (χ1v) is 11.6. The van der Waals surface area contributed by atoms with Crippen molar-refractivity contribution in [1.82, 2.24) is 5.32 Å². The highest BCUT2D eigenvalue weighted by Gasteiger charge is 2.30. The lowest BCUT2D eigenvalue weighted by atomic mass is 10.2. The largest absolute Gasteiger partial charge is 0.497 e. The van der Waals surface area contributed by atoms with Crippen LogP contribution in [-0.4, -0.2) is 42.2 Å². The van der Waals surface area contributed by atoms with Crippen LogP contribution >= 0.6 is 0 Å². The molecule has 0 bridgehead atoms. The Bertz CT molecular complexity index is 1250. The number of methoxy groups -OCH3 is 3. The number of anilines is 1. The fourth-order valence-electron chi connectivity index (χ4n) is 3.19. The van der Waals surface area contributed by atoms with Gasteiger partial charge < -0.3 is 19.5 Å². The summed E-state index contributed by atoms with van der Waals surface area (Å²) in [5.74, 6) is -0.211. The number of benzene rings is 3. The Morgan fingerprint density at radius 1 is 0.912 bits per heavy atom. The van der Waals surface area contributed by atoms with Crippen molar-refractivity contribution in [2.75, 3.05) is 32.2 Å². The number of nitrogens with one attached hydrogen (secondary N) is 1. The summed E-state index contributed by atoms with van der Waals surface area (Å²) >= 11 is 0. The Kier molecular flexibility index (Phi) is 7.95. The number of nitrogens with zero attached hydrogens (tertiary/aromatic N) is 1. The third-order valence-corrected chi connectivity index (χ3v) is 6.76. The van der Waals surface area contributed by atoms with E-state index in [1.165, 1.54) is 50.6 Å². The number of hydrogen-bond donors (Lipinski definition) is 1. The van der Waals surface area contributed by atoms with Crippen LogP contribution in [0.4, 0.5) is 10.1 Å². The van der Waals surface area contributed by atoms with Crippen molar-refractivity contribution >= 4 is 21.6 Å². The maximum atomic E-state index is 14.6. The summed E-state index contributed by atoms with van der Waals surface area (Å²) in [6.45, 7) is -0.474. The fourth-order valence-corrected chi connectivity index (χ4v) is 4.63. The van der Waals surface area contributed by atoms with Gasteiger partial charge in [-0.1, -0.05) is 24.3 Å². The maximum absolute atomic E-state index is 14.6. The molecule has 8 nitrogen and oxygen atoms in total. The molecule has 0 radical (unpaired) electrons. The van der Waals surface area contributed by atoms with Crippen LogP contribution in [-0.2, 0) is 21.4 Å². The summed E-state index contributed by atoms with van der Waals surface area (Å²) in [5.41, 5.74) is 0.534. The number of halogens is 1. The van der Waals surface area contributed by atoms with Crippen molar-refractivity contribution in [3.8, 4) is 17.2 Å². The van der Waals surface area contributed by atoms with Gasteiger partial charge in [-0.15, -0.1) is 0 Å². The van der Waals surface area contributed by atoms with Crippen LogP contribution in [0.5, 0.6) is 17.2 Å². The molecule has 0 fully saturated rings. The Morgan fingerprint density at radius 3 is 2.21 bits per heavy atom. The maximum Gasteiger partial charge on any atom is 0.265 e. The molecule has 1 N–H and O–H groups in total. The zero-order chi connectivity index (χ0) is 24.7. The second kappa shape index (κ2) is 10.9. The molecule has 3 rings (SSSR count). The molecule has 0 saturated heterocycles. The van der Waals surface area contributed by atoms with Crippen molar-refractivity contribution < 1.29 is 31.8 Å². The number of sulfonamides is 1. The Balaban J connectivity index is 1.89. The molecular weight excluding hydrogens is 463 g/mol. The zero-order valence-electron chi connectivity index (χ0n) is 18.9. The summed E-state index contributed by atoms with van der Waals surface area (Å²) in [7, 11) is -0.000274. The van der Waals surface area contributed by atoms with E-state index in [2.05, 4.69) is 5.32 Å². The van der Waals surface area contributed by atoms with E-state index in [-0.39, 0.29) is 22.9 Å². The molecule has 3 aromatic rings. The van der Waals surface area contributed by atoms with E-state index in [9.17, 15) is 17.6 Å². The van der Waals surface area contributed by atoms with Crippen LogP contribution in [0.3, 0.4) is 0 Å². The number of hydrogen-bond acceptors (Lipinski definition) is 6. The van der Waals surface area contributed by atoms with Crippen LogP contribution in [0, 0.1) is 5.82 Å². The lowest BCUT2D eigenvalue weighted by molar-refractivity contribution is -0.119. The molecule has 0 spiro atoms. The van der Waals surface area contributed by atoms with Crippen molar-refractivity contribution in [1.29, 1.82) is 0 Å². The fraction of sp³-hybridized carbons (Fsp3) is 0.208. The van der Waals surface area contributed by atoms with Gasteiger partial charge in [0, 0.05) is 12.6 Å². The second-order valence-electron chi connectivity index (χ2n) is 7.10. The van der Waals surface area contributed by atoms with Crippen LogP contribution in [0.15, 0.2) is 71.6 Å². The molecule has 0 heterocycles. The van der Waals surface area contributed by atoms with Crippen molar-refractivity contribution in [3.63, 3.8) is 0 Å². The summed E-state index contributed by atoms with van der Waals surface area (Å²) in [5, 5.41) is 2.67. The minimum atomic E-state index is -4.34. The lowest BCUT2D eigenvalue weighted by Crippen LogP contribution is -2.41. The molecule has 0 atom stereocenters. The molecule has 3 aromatic carbocycles. The first-order valence-electron chi connectivity index (χ1n) is 10.2. The zero-order valence-corrected chi connectivity index (χ0v) is 19.8. The summed E-state index contributed by atoms with van der Waals surface area (Å²) < 4.78 is 57.8. The topological polar surface area (TPSA) is 94.2 Å². The highest BCUT2D eigenvalue weighted by molar-refractivity contribution is 7.92. The van der Waals surface area contributed by atoms with E-state index in [4.69, 9.17) is 14.2 Å². The second-order valence-corrected chi connectivity index (χ2v) is 8.97. The van der Waals surface area contributed by atoms with Gasteiger partial charge in [-0.2, -0.15) is 0 Å². The van der Waals surface area contributed by atoms with Gasteiger partial charge in [-0.05, 0) is 42.0 Å². The van der Waals surface area contributed by atoms with E-state index in [0.29, 0.717) is 11.5 Å². The molecule has 0 aliphatic carbocycles. The van der Waals surface area contributed by atoms with Crippen LogP contribution < -0.4 is 23.8 Å². The number of amides is 1. The van der Waals surface area contributed by atoms with Gasteiger partial charge in [-0.3, -0.25) is 9.10 Å². The SMILES string of the molecule is COc1ccc(CNC(=O)CN(c2ccccc2F)S(=O)(=O)c2ccc(OC)c(OC)c2)cc1. The summed E-state index contributed by atoms with van der Waals surface area (Å²) in [4.78, 5) is 12.5. The van der Waals surface area contributed by atoms with Crippen LogP contribution in [0.2, 0.25) is 0 Å². The van der Waals surface area contributed by atoms with Crippen LogP contribution in [0.1, 0.15) is 5.56 Å². The first kappa shape index (κ1) is 24.8. The van der Waals surface area contributed by atoms with Crippen molar-refractivity contribution in [3.05, 3.63) is 78.1 Å². The third kappa shape index (κ3) is 5.57. The Morgan fingerprint density at radius 2 is 1.59 bits per heavy atom. The van der Waals surface area contributed by atoms with Crippen molar-refractivity contribution in [2.45, 2.75) is 11.4 Å². The average molecular weight is 489 g/mol. The standard InChI is InChI=1S/C24H25FN2O6S/c1-31-18-10-8-17(9-11-18)15-26-24(28)16-27(21-7-5-4-6-20(21)25)34(29,30)19-12-13-22(32-2)23(14-19)33-3/h4-14H,15-16H2,1-3H3,(H,26,28). The molecule has 1 amide bonds. The van der Waals surface area contributed by atoms with Crippen LogP contribution in [0.25, 0.3) is 0 Å². The molecule has 0 aliphatic heterocycles. The first-order chi connectivity index (χ1) is 16.3. The highest BCUT2D eigenvalue weighted by atomic mass is 32.2.